The summed E-state index contributed by atoms with van der Waals surface area (Å²) in [7, 11) is -5.05. The standard InChI is InChI=1S/C18H32O3SSi/c1-7-23(8-2,9-3)21-18(5,6)16(4)15-22(19,20)17-13-11-10-12-14-17/h10-14,16H,7-9,15H2,1-6H3/t16-/m1/s1. The van der Waals surface area contributed by atoms with Crippen molar-refractivity contribution >= 4 is 18.2 Å². The number of hydrogen-bond donors (Lipinski definition) is 0. The van der Waals surface area contributed by atoms with Crippen molar-refractivity contribution < 1.29 is 12.8 Å². The van der Waals surface area contributed by atoms with E-state index in [0.717, 1.165) is 18.1 Å². The number of sulfone groups is 1. The summed E-state index contributed by atoms with van der Waals surface area (Å²) in [6.07, 6.45) is 0. The van der Waals surface area contributed by atoms with Gasteiger partial charge in [0.2, 0.25) is 0 Å². The molecular formula is C18H32O3SSi. The fourth-order valence-corrected chi connectivity index (χ4v) is 7.95. The van der Waals surface area contributed by atoms with E-state index in [9.17, 15) is 8.42 Å². The largest absolute Gasteiger partial charge is 0.412 e. The summed E-state index contributed by atoms with van der Waals surface area (Å²) in [5.41, 5.74) is -0.434. The second kappa shape index (κ2) is 7.95. The zero-order chi connectivity index (χ0) is 17.7. The van der Waals surface area contributed by atoms with Crippen molar-refractivity contribution in [2.75, 3.05) is 5.75 Å². The molecule has 0 aliphatic carbocycles. The van der Waals surface area contributed by atoms with E-state index in [2.05, 4.69) is 20.8 Å². The fraction of sp³-hybridized carbons (Fsp3) is 0.667. The van der Waals surface area contributed by atoms with Crippen molar-refractivity contribution in [2.24, 2.45) is 5.92 Å². The molecule has 0 spiro atoms. The molecule has 1 aromatic rings. The highest BCUT2D eigenvalue weighted by atomic mass is 32.2. The van der Waals surface area contributed by atoms with Gasteiger partial charge in [-0.05, 0) is 50.0 Å². The lowest BCUT2D eigenvalue weighted by Crippen LogP contribution is -2.48. The first kappa shape index (κ1) is 20.4. The topological polar surface area (TPSA) is 43.4 Å². The molecule has 1 rings (SSSR count). The van der Waals surface area contributed by atoms with Gasteiger partial charge in [-0.2, -0.15) is 0 Å². The summed E-state index contributed by atoms with van der Waals surface area (Å²) >= 11 is 0. The van der Waals surface area contributed by atoms with Crippen LogP contribution in [0.4, 0.5) is 0 Å². The fourth-order valence-electron chi connectivity index (χ4n) is 2.88. The van der Waals surface area contributed by atoms with Crippen molar-refractivity contribution in [1.82, 2.24) is 0 Å². The Morgan fingerprint density at radius 1 is 1.04 bits per heavy atom. The number of rotatable bonds is 9. The average Bonchev–Trinajstić information content (AvgIpc) is 2.53. The van der Waals surface area contributed by atoms with Crippen LogP contribution in [0.5, 0.6) is 0 Å². The highest BCUT2D eigenvalue weighted by Crippen LogP contribution is 2.33. The monoisotopic (exact) mass is 356 g/mol. The Kier molecular flexibility index (Phi) is 7.05. The Hall–Kier alpha value is -0.653. The lowest BCUT2D eigenvalue weighted by Gasteiger charge is -2.41. The molecule has 1 atom stereocenters. The molecular weight excluding hydrogens is 324 g/mol. The summed E-state index contributed by atoms with van der Waals surface area (Å²) in [6.45, 7) is 12.7. The van der Waals surface area contributed by atoms with Crippen LogP contribution in [-0.4, -0.2) is 28.1 Å². The van der Waals surface area contributed by atoms with Gasteiger partial charge in [0.05, 0.1) is 16.2 Å². The van der Waals surface area contributed by atoms with E-state index in [4.69, 9.17) is 4.43 Å². The predicted octanol–water partition coefficient (Wildman–Crippen LogP) is 4.90. The second-order valence-corrected chi connectivity index (χ2v) is 13.7. The third-order valence-corrected chi connectivity index (χ3v) is 11.9. The van der Waals surface area contributed by atoms with Crippen LogP contribution in [0, 0.1) is 5.92 Å². The van der Waals surface area contributed by atoms with Crippen LogP contribution in [-0.2, 0) is 14.3 Å². The van der Waals surface area contributed by atoms with Gasteiger partial charge in [0, 0.05) is 0 Å². The van der Waals surface area contributed by atoms with Gasteiger partial charge in [0.25, 0.3) is 0 Å². The molecule has 0 bridgehead atoms. The first-order valence-electron chi connectivity index (χ1n) is 8.60. The average molecular weight is 357 g/mol. The van der Waals surface area contributed by atoms with Crippen LogP contribution in [0.3, 0.4) is 0 Å². The maximum absolute atomic E-state index is 12.6. The summed E-state index contributed by atoms with van der Waals surface area (Å²) in [5, 5.41) is 0. The summed E-state index contributed by atoms with van der Waals surface area (Å²) in [6, 6.07) is 11.9. The highest BCUT2D eigenvalue weighted by Gasteiger charge is 2.39. The van der Waals surface area contributed by atoms with Gasteiger partial charge in [-0.1, -0.05) is 45.9 Å². The molecule has 132 valence electrons. The molecule has 0 N–H and O–H groups in total. The molecule has 3 nitrogen and oxygen atoms in total. The maximum atomic E-state index is 12.6. The van der Waals surface area contributed by atoms with Crippen LogP contribution >= 0.6 is 0 Å². The number of hydrogen-bond acceptors (Lipinski definition) is 3. The van der Waals surface area contributed by atoms with Crippen molar-refractivity contribution in [2.45, 2.75) is 70.2 Å². The molecule has 0 amide bonds. The Morgan fingerprint density at radius 3 is 1.96 bits per heavy atom. The third kappa shape index (κ3) is 5.16. The SMILES string of the molecule is CC[Si](CC)(CC)OC(C)(C)[C@H](C)CS(=O)(=O)c1ccccc1. The molecule has 0 fully saturated rings. The molecule has 23 heavy (non-hydrogen) atoms. The minimum atomic E-state index is -3.28. The molecule has 1 aromatic carbocycles. The molecule has 5 heteroatoms. The quantitative estimate of drug-likeness (QED) is 0.591. The Morgan fingerprint density at radius 2 is 1.52 bits per heavy atom. The van der Waals surface area contributed by atoms with Gasteiger partial charge < -0.3 is 4.43 Å². The maximum Gasteiger partial charge on any atom is 0.192 e. The first-order chi connectivity index (χ1) is 10.6. The minimum absolute atomic E-state index is 0.0655. The molecule has 0 heterocycles. The van der Waals surface area contributed by atoms with Crippen LogP contribution in [0.15, 0.2) is 35.2 Å². The molecule has 0 saturated heterocycles. The Bertz CT molecular complexity index is 569. The van der Waals surface area contributed by atoms with Crippen LogP contribution in [0.1, 0.15) is 41.5 Å². The van der Waals surface area contributed by atoms with Gasteiger partial charge >= 0.3 is 0 Å². The van der Waals surface area contributed by atoms with Gasteiger partial charge in [-0.15, -0.1) is 0 Å². The van der Waals surface area contributed by atoms with E-state index >= 15 is 0 Å². The summed E-state index contributed by atoms with van der Waals surface area (Å²) in [4.78, 5) is 0.396. The van der Waals surface area contributed by atoms with E-state index in [-0.39, 0.29) is 11.7 Å². The first-order valence-corrected chi connectivity index (χ1v) is 12.8. The van der Waals surface area contributed by atoms with Gasteiger partial charge in [0.1, 0.15) is 0 Å². The van der Waals surface area contributed by atoms with Gasteiger partial charge in [-0.25, -0.2) is 8.42 Å². The van der Waals surface area contributed by atoms with Gasteiger partial charge in [0.15, 0.2) is 18.2 Å². The number of benzene rings is 1. The van der Waals surface area contributed by atoms with Crippen LogP contribution in [0.2, 0.25) is 18.1 Å². The van der Waals surface area contributed by atoms with E-state index in [1.54, 1.807) is 24.3 Å². The Balaban J connectivity index is 2.93. The third-order valence-electron chi connectivity index (χ3n) is 5.17. The van der Waals surface area contributed by atoms with E-state index in [1.165, 1.54) is 0 Å². The van der Waals surface area contributed by atoms with E-state index in [0.29, 0.717) is 4.90 Å². The van der Waals surface area contributed by atoms with E-state index < -0.39 is 23.8 Å². The smallest absolute Gasteiger partial charge is 0.192 e. The predicted molar refractivity (Wildman–Crippen MR) is 100 cm³/mol. The van der Waals surface area contributed by atoms with Crippen LogP contribution in [0.25, 0.3) is 0 Å². The Labute approximate surface area is 143 Å². The molecule has 0 unspecified atom stereocenters. The zero-order valence-corrected chi connectivity index (χ0v) is 17.2. The van der Waals surface area contributed by atoms with E-state index in [1.807, 2.05) is 26.8 Å². The highest BCUT2D eigenvalue weighted by molar-refractivity contribution is 7.91. The lowest BCUT2D eigenvalue weighted by atomic mass is 9.95. The summed E-state index contributed by atoms with van der Waals surface area (Å²) in [5.74, 6) is 0.0512. The van der Waals surface area contributed by atoms with Crippen molar-refractivity contribution in [3.05, 3.63) is 30.3 Å². The second-order valence-electron chi connectivity index (χ2n) is 6.94. The molecule has 0 radical (unpaired) electrons. The zero-order valence-electron chi connectivity index (χ0n) is 15.4. The molecule has 0 aromatic heterocycles. The van der Waals surface area contributed by atoms with Crippen molar-refractivity contribution in [3.8, 4) is 0 Å². The van der Waals surface area contributed by atoms with Gasteiger partial charge in [-0.3, -0.25) is 0 Å². The normalized spacial score (nSPS) is 14.7. The summed E-state index contributed by atoms with van der Waals surface area (Å²) < 4.78 is 31.8. The molecule has 0 aliphatic rings. The molecule has 0 aliphatic heterocycles. The molecule has 0 saturated carbocycles. The van der Waals surface area contributed by atoms with Crippen molar-refractivity contribution in [1.29, 1.82) is 0 Å². The van der Waals surface area contributed by atoms with Crippen LogP contribution < -0.4 is 0 Å². The van der Waals surface area contributed by atoms with Crippen molar-refractivity contribution in [3.63, 3.8) is 0 Å². The minimum Gasteiger partial charge on any atom is -0.412 e. The lowest BCUT2D eigenvalue weighted by molar-refractivity contribution is 0.0488.